The lowest BCUT2D eigenvalue weighted by Gasteiger charge is -2.29. The summed E-state index contributed by atoms with van der Waals surface area (Å²) >= 11 is 5.09. The molecule has 5 nitrogen and oxygen atoms in total. The molecule has 0 amide bonds. The second kappa shape index (κ2) is 10.3. The van der Waals surface area contributed by atoms with Crippen LogP contribution in [0.15, 0.2) is 16.7 Å². The van der Waals surface area contributed by atoms with Gasteiger partial charge in [-0.1, -0.05) is 0 Å². The summed E-state index contributed by atoms with van der Waals surface area (Å²) < 4.78 is 17.9. The Balaban J connectivity index is 1.99. The molecular weight excluding hydrogens is 406 g/mol. The van der Waals surface area contributed by atoms with Crippen LogP contribution in [0, 0.1) is 5.92 Å². The Hall–Kier alpha value is -0.950. The average molecular weight is 432 g/mol. The van der Waals surface area contributed by atoms with E-state index in [4.69, 9.17) is 14.2 Å². The summed E-state index contributed by atoms with van der Waals surface area (Å²) in [5, 5.41) is 0. The molecule has 0 unspecified atom stereocenters. The van der Waals surface area contributed by atoms with Crippen LogP contribution >= 0.6 is 27.7 Å². The summed E-state index contributed by atoms with van der Waals surface area (Å²) in [7, 11) is 0. The van der Waals surface area contributed by atoms with Crippen molar-refractivity contribution in [2.45, 2.75) is 51.7 Å². The molecule has 1 aromatic heterocycles. The number of carbonyl (C=O) groups is 1. The van der Waals surface area contributed by atoms with Crippen LogP contribution in [-0.4, -0.2) is 41.8 Å². The lowest BCUT2D eigenvalue weighted by molar-refractivity contribution is -0.154. The standard InChI is InChI=1S/C18H26BrNO4S/c1-12(2)23-18(21)13-5-4-6-14(11-13)24-15-7-8-16(19)20-17(15)22-9-10-25-3/h7-8,12-14H,4-6,9-11H2,1-3H3/t13-,14-/m0/s1. The Morgan fingerprint density at radius 1 is 1.40 bits per heavy atom. The van der Waals surface area contributed by atoms with Crippen molar-refractivity contribution < 1.29 is 19.0 Å². The third-order valence-electron chi connectivity index (χ3n) is 3.92. The first-order valence-corrected chi connectivity index (χ1v) is 10.8. The van der Waals surface area contributed by atoms with Gasteiger partial charge in [0.1, 0.15) is 4.60 Å². The normalized spacial score (nSPS) is 20.4. The molecule has 1 fully saturated rings. The quantitative estimate of drug-likeness (QED) is 0.343. The first-order valence-electron chi connectivity index (χ1n) is 8.65. The van der Waals surface area contributed by atoms with E-state index in [0.29, 0.717) is 29.3 Å². The zero-order valence-corrected chi connectivity index (χ0v) is 17.4. The minimum Gasteiger partial charge on any atom is -0.485 e. The smallest absolute Gasteiger partial charge is 0.309 e. The molecule has 140 valence electrons. The van der Waals surface area contributed by atoms with Gasteiger partial charge < -0.3 is 14.2 Å². The van der Waals surface area contributed by atoms with E-state index in [-0.39, 0.29) is 24.1 Å². The number of aromatic nitrogens is 1. The molecule has 0 bridgehead atoms. The summed E-state index contributed by atoms with van der Waals surface area (Å²) in [6.45, 7) is 4.33. The van der Waals surface area contributed by atoms with E-state index in [1.54, 1.807) is 11.8 Å². The molecule has 7 heteroatoms. The minimum atomic E-state index is -0.117. The van der Waals surface area contributed by atoms with Crippen molar-refractivity contribution in [1.29, 1.82) is 0 Å². The Labute approximate surface area is 162 Å². The van der Waals surface area contributed by atoms with Crippen molar-refractivity contribution in [2.24, 2.45) is 5.92 Å². The van der Waals surface area contributed by atoms with Gasteiger partial charge in [-0.05, 0) is 73.8 Å². The molecule has 1 heterocycles. The van der Waals surface area contributed by atoms with Crippen molar-refractivity contribution in [2.75, 3.05) is 18.6 Å². The van der Waals surface area contributed by atoms with Gasteiger partial charge in [-0.25, -0.2) is 4.98 Å². The molecule has 0 spiro atoms. The number of hydrogen-bond acceptors (Lipinski definition) is 6. The number of nitrogens with zero attached hydrogens (tertiary/aromatic N) is 1. The number of pyridine rings is 1. The molecule has 1 aromatic rings. The molecule has 0 N–H and O–H groups in total. The lowest BCUT2D eigenvalue weighted by atomic mass is 9.87. The Morgan fingerprint density at radius 3 is 2.92 bits per heavy atom. The molecule has 0 aromatic carbocycles. The second-order valence-corrected chi connectivity index (χ2v) is 8.17. The van der Waals surface area contributed by atoms with E-state index in [1.807, 2.05) is 32.2 Å². The zero-order valence-electron chi connectivity index (χ0n) is 15.0. The second-order valence-electron chi connectivity index (χ2n) is 6.37. The average Bonchev–Trinajstić information content (AvgIpc) is 2.57. The fourth-order valence-corrected chi connectivity index (χ4v) is 3.34. The van der Waals surface area contributed by atoms with Crippen LogP contribution in [0.4, 0.5) is 0 Å². The third-order valence-corrected chi connectivity index (χ3v) is 4.94. The van der Waals surface area contributed by atoms with Crippen molar-refractivity contribution in [3.05, 3.63) is 16.7 Å². The molecule has 0 aliphatic heterocycles. The number of thioether (sulfide) groups is 1. The van der Waals surface area contributed by atoms with E-state index in [2.05, 4.69) is 20.9 Å². The summed E-state index contributed by atoms with van der Waals surface area (Å²) in [5.74, 6) is 1.81. The molecule has 1 saturated carbocycles. The summed E-state index contributed by atoms with van der Waals surface area (Å²) in [5.41, 5.74) is 0. The van der Waals surface area contributed by atoms with Gasteiger partial charge in [0.15, 0.2) is 5.75 Å². The topological polar surface area (TPSA) is 57.7 Å². The maximum Gasteiger partial charge on any atom is 0.309 e. The highest BCUT2D eigenvalue weighted by molar-refractivity contribution is 9.10. The fraction of sp³-hybridized carbons (Fsp3) is 0.667. The maximum absolute atomic E-state index is 12.2. The number of esters is 1. The fourth-order valence-electron chi connectivity index (χ4n) is 2.79. The van der Waals surface area contributed by atoms with Crippen molar-refractivity contribution in [3.63, 3.8) is 0 Å². The predicted molar refractivity (Wildman–Crippen MR) is 103 cm³/mol. The first kappa shape index (κ1) is 20.4. The summed E-state index contributed by atoms with van der Waals surface area (Å²) in [6.07, 6.45) is 5.34. The predicted octanol–water partition coefficient (Wildman–Crippen LogP) is 4.48. The number of hydrogen-bond donors (Lipinski definition) is 0. The highest BCUT2D eigenvalue weighted by atomic mass is 79.9. The summed E-state index contributed by atoms with van der Waals surface area (Å²) in [4.78, 5) is 16.5. The van der Waals surface area contributed by atoms with Gasteiger partial charge >= 0.3 is 5.97 Å². The van der Waals surface area contributed by atoms with Crippen molar-refractivity contribution in [1.82, 2.24) is 4.98 Å². The molecule has 0 radical (unpaired) electrons. The Morgan fingerprint density at radius 2 is 2.20 bits per heavy atom. The minimum absolute atomic E-state index is 0.0238. The van der Waals surface area contributed by atoms with Crippen LogP contribution in [0.1, 0.15) is 39.5 Å². The number of rotatable bonds is 8. The SMILES string of the molecule is CSCCOc1nc(Br)ccc1O[C@H]1CCC[C@H](C(=O)OC(C)C)C1. The molecule has 2 atom stereocenters. The number of ether oxygens (including phenoxy) is 3. The van der Waals surface area contributed by atoms with Gasteiger partial charge in [-0.2, -0.15) is 11.8 Å². The van der Waals surface area contributed by atoms with Gasteiger partial charge in [0.2, 0.25) is 0 Å². The van der Waals surface area contributed by atoms with Crippen LogP contribution in [0.25, 0.3) is 0 Å². The molecule has 0 saturated heterocycles. The van der Waals surface area contributed by atoms with E-state index >= 15 is 0 Å². The largest absolute Gasteiger partial charge is 0.485 e. The monoisotopic (exact) mass is 431 g/mol. The van der Waals surface area contributed by atoms with Crippen LogP contribution in [0.5, 0.6) is 11.6 Å². The molecule has 25 heavy (non-hydrogen) atoms. The lowest BCUT2D eigenvalue weighted by Crippen LogP contribution is -2.31. The highest BCUT2D eigenvalue weighted by Gasteiger charge is 2.30. The van der Waals surface area contributed by atoms with Gasteiger partial charge in [-0.15, -0.1) is 0 Å². The maximum atomic E-state index is 12.2. The van der Waals surface area contributed by atoms with Crippen molar-refractivity contribution >= 4 is 33.7 Å². The van der Waals surface area contributed by atoms with Gasteiger partial charge in [0.25, 0.3) is 5.88 Å². The first-order chi connectivity index (χ1) is 12.0. The van der Waals surface area contributed by atoms with E-state index in [9.17, 15) is 4.79 Å². The Kier molecular flexibility index (Phi) is 8.36. The molecule has 1 aliphatic carbocycles. The third kappa shape index (κ3) is 6.70. The molecule has 2 rings (SSSR count). The van der Waals surface area contributed by atoms with Crippen LogP contribution in [-0.2, 0) is 9.53 Å². The van der Waals surface area contributed by atoms with Crippen LogP contribution in [0.2, 0.25) is 0 Å². The number of carbonyl (C=O) groups excluding carboxylic acids is 1. The van der Waals surface area contributed by atoms with E-state index < -0.39 is 0 Å². The highest BCUT2D eigenvalue weighted by Crippen LogP contribution is 2.33. The van der Waals surface area contributed by atoms with E-state index in [1.165, 1.54) is 0 Å². The zero-order chi connectivity index (χ0) is 18.2. The van der Waals surface area contributed by atoms with Gasteiger partial charge in [0.05, 0.1) is 24.7 Å². The number of halogens is 1. The molecular formula is C18H26BrNO4S. The van der Waals surface area contributed by atoms with Crippen LogP contribution < -0.4 is 9.47 Å². The summed E-state index contributed by atoms with van der Waals surface area (Å²) in [6, 6.07) is 3.70. The molecule has 1 aliphatic rings. The van der Waals surface area contributed by atoms with Crippen LogP contribution in [0.3, 0.4) is 0 Å². The Bertz CT molecular complexity index is 570. The van der Waals surface area contributed by atoms with E-state index in [0.717, 1.165) is 25.0 Å². The van der Waals surface area contributed by atoms with Gasteiger partial charge in [-0.3, -0.25) is 4.79 Å². The van der Waals surface area contributed by atoms with Crippen molar-refractivity contribution in [3.8, 4) is 11.6 Å². The van der Waals surface area contributed by atoms with Gasteiger partial charge in [0, 0.05) is 5.75 Å².